The maximum absolute atomic E-state index is 13.6. The molecule has 4 aromatic rings. The Morgan fingerprint density at radius 2 is 1.48 bits per heavy atom. The zero-order valence-corrected chi connectivity index (χ0v) is 37.8. The van der Waals surface area contributed by atoms with Gasteiger partial charge in [-0.2, -0.15) is 0 Å². The zero-order chi connectivity index (χ0) is 44.0. The van der Waals surface area contributed by atoms with E-state index in [-0.39, 0.29) is 22.7 Å². The van der Waals surface area contributed by atoms with Gasteiger partial charge in [-0.15, -0.1) is 11.3 Å². The lowest BCUT2D eigenvalue weighted by Gasteiger charge is -2.44. The first-order chi connectivity index (χ1) is 30.6. The van der Waals surface area contributed by atoms with Gasteiger partial charge in [0, 0.05) is 23.9 Å². The fourth-order valence-corrected chi connectivity index (χ4v) is 11.8. The standard InChI is InChI=1S/C55H61NO6S/c1-5-6-24-45-36-56-53(63-45)55(32-33-55)49(62-52(59)42-21-14-9-15-22-42)30-25-37(2)46-28-29-47-39(23-16-31-54(46,47)4)26-27-43-34-44(60-50(57)40-17-10-7-11-18-40)35-48(38(43)3)61-51(58)41-19-12-8-13-20-41/h7-15,17-22,25-27,30,36-37,44,46-49H,3,5-6,16,23-24,28-29,31-35H2,1-2,4H3/t37-,44-,46-,47+,48+,49+,54-/m1/s1. The Kier molecular flexibility index (Phi) is 13.8. The van der Waals surface area contributed by atoms with Crippen LogP contribution in [0.2, 0.25) is 0 Å². The largest absolute Gasteiger partial charge is 0.458 e. The minimum absolute atomic E-state index is 0.106. The Morgan fingerprint density at radius 1 is 0.841 bits per heavy atom. The number of hydrogen-bond acceptors (Lipinski definition) is 8. The molecule has 0 saturated heterocycles. The normalized spacial score (nSPS) is 26.2. The summed E-state index contributed by atoms with van der Waals surface area (Å²) in [6.45, 7) is 11.5. The van der Waals surface area contributed by atoms with Gasteiger partial charge in [0.15, 0.2) is 0 Å². The van der Waals surface area contributed by atoms with Gasteiger partial charge in [0.1, 0.15) is 23.3 Å². The van der Waals surface area contributed by atoms with Crippen LogP contribution in [-0.4, -0.2) is 41.2 Å². The number of rotatable bonds is 15. The van der Waals surface area contributed by atoms with Gasteiger partial charge in [0.25, 0.3) is 0 Å². The van der Waals surface area contributed by atoms with Gasteiger partial charge >= 0.3 is 17.9 Å². The molecule has 0 unspecified atom stereocenters. The molecule has 4 aliphatic carbocycles. The fraction of sp³-hybridized carbons (Fsp3) is 0.418. The van der Waals surface area contributed by atoms with E-state index in [0.717, 1.165) is 80.4 Å². The predicted molar refractivity (Wildman–Crippen MR) is 250 cm³/mol. The monoisotopic (exact) mass is 863 g/mol. The molecule has 7 nitrogen and oxygen atoms in total. The first-order valence-electron chi connectivity index (χ1n) is 23.1. The molecule has 328 valence electrons. The average molecular weight is 864 g/mol. The smallest absolute Gasteiger partial charge is 0.338 e. The number of ether oxygens (including phenoxy) is 3. The summed E-state index contributed by atoms with van der Waals surface area (Å²) in [6.07, 6.45) is 21.1. The lowest BCUT2D eigenvalue weighted by Crippen LogP contribution is -2.36. The van der Waals surface area contributed by atoms with Crippen molar-refractivity contribution in [2.75, 3.05) is 0 Å². The van der Waals surface area contributed by atoms with Crippen molar-refractivity contribution < 1.29 is 28.6 Å². The van der Waals surface area contributed by atoms with Crippen LogP contribution in [-0.2, 0) is 26.0 Å². The van der Waals surface area contributed by atoms with Crippen LogP contribution in [0, 0.1) is 23.2 Å². The second kappa shape index (κ2) is 19.6. The van der Waals surface area contributed by atoms with Crippen LogP contribution in [0.1, 0.15) is 132 Å². The molecule has 0 bridgehead atoms. The molecule has 0 aliphatic heterocycles. The molecule has 4 saturated carbocycles. The molecule has 0 spiro atoms. The van der Waals surface area contributed by atoms with Crippen molar-refractivity contribution in [3.8, 4) is 0 Å². The van der Waals surface area contributed by atoms with Crippen LogP contribution >= 0.6 is 11.3 Å². The van der Waals surface area contributed by atoms with Crippen molar-refractivity contribution in [3.63, 3.8) is 0 Å². The van der Waals surface area contributed by atoms with E-state index < -0.39 is 30.3 Å². The van der Waals surface area contributed by atoms with Crippen LogP contribution in [0.15, 0.2) is 145 Å². The summed E-state index contributed by atoms with van der Waals surface area (Å²) < 4.78 is 18.6. The lowest BCUT2D eigenvalue weighted by molar-refractivity contribution is 0.00212. The topological polar surface area (TPSA) is 91.8 Å². The number of benzene rings is 3. The van der Waals surface area contributed by atoms with Gasteiger partial charge in [0.05, 0.1) is 22.1 Å². The Hall–Kier alpha value is -5.34. The van der Waals surface area contributed by atoms with Gasteiger partial charge in [0.2, 0.25) is 0 Å². The minimum atomic E-state index is -0.630. The third kappa shape index (κ3) is 9.92. The second-order valence-electron chi connectivity index (χ2n) is 18.5. The molecule has 3 aromatic carbocycles. The van der Waals surface area contributed by atoms with Crippen molar-refractivity contribution in [2.45, 2.75) is 122 Å². The first kappa shape index (κ1) is 44.3. The van der Waals surface area contributed by atoms with Crippen LogP contribution < -0.4 is 0 Å². The third-order valence-electron chi connectivity index (χ3n) is 14.4. The van der Waals surface area contributed by atoms with Crippen LogP contribution in [0.25, 0.3) is 0 Å². The van der Waals surface area contributed by atoms with E-state index in [1.165, 1.54) is 10.5 Å². The number of carbonyl (C=O) groups excluding carboxylic acids is 3. The SMILES string of the molecule is C=C1C(=CC=C2CCC[C@]3(C)[C@@H]([C@H](C)C=C[C@H](OC(=O)c4ccccc4)C4(c5ncc(CCCC)s5)CC4)CC[C@@H]23)C[C@@H](OC(=O)c2ccccc2)C[C@@H]1OC(=O)c1ccccc1. The number of carbonyl (C=O) groups is 3. The summed E-state index contributed by atoms with van der Waals surface area (Å²) in [5.74, 6) is 0.0568. The van der Waals surface area contributed by atoms with Gasteiger partial charge in [-0.1, -0.05) is 112 Å². The summed E-state index contributed by atoms with van der Waals surface area (Å²) in [4.78, 5) is 46.3. The number of allylic oxidation sites excluding steroid dienone is 4. The number of unbranched alkanes of at least 4 members (excludes halogenated alkanes) is 1. The molecular weight excluding hydrogens is 803 g/mol. The van der Waals surface area contributed by atoms with Gasteiger partial charge in [-0.05, 0) is 135 Å². The molecule has 63 heavy (non-hydrogen) atoms. The molecule has 4 fully saturated rings. The van der Waals surface area contributed by atoms with E-state index in [1.54, 1.807) is 35.6 Å². The van der Waals surface area contributed by atoms with Gasteiger partial charge in [-0.25, -0.2) is 19.4 Å². The number of thiazole rings is 1. The lowest BCUT2D eigenvalue weighted by atomic mass is 9.61. The van der Waals surface area contributed by atoms with Gasteiger partial charge < -0.3 is 14.2 Å². The first-order valence-corrected chi connectivity index (χ1v) is 23.9. The summed E-state index contributed by atoms with van der Waals surface area (Å²) in [7, 11) is 0. The second-order valence-corrected chi connectivity index (χ2v) is 19.6. The third-order valence-corrected chi connectivity index (χ3v) is 15.6. The highest BCUT2D eigenvalue weighted by Gasteiger charge is 2.55. The molecular formula is C55H61NO6S. The molecule has 8 heteroatoms. The Labute approximate surface area is 377 Å². The summed E-state index contributed by atoms with van der Waals surface area (Å²) >= 11 is 1.79. The fourth-order valence-electron chi connectivity index (χ4n) is 10.6. The Balaban J connectivity index is 1.01. The molecule has 4 aliphatic rings. The molecule has 1 heterocycles. The number of aromatic nitrogens is 1. The zero-order valence-electron chi connectivity index (χ0n) is 37.0. The molecule has 7 atom stereocenters. The number of hydrogen-bond donors (Lipinski definition) is 0. The number of nitrogens with zero attached hydrogens (tertiary/aromatic N) is 1. The number of aryl methyl sites for hydroxylation is 1. The van der Waals surface area contributed by atoms with Gasteiger partial charge in [-0.3, -0.25) is 0 Å². The van der Waals surface area contributed by atoms with E-state index in [4.69, 9.17) is 19.2 Å². The van der Waals surface area contributed by atoms with E-state index in [0.29, 0.717) is 41.4 Å². The average Bonchev–Trinajstić information content (AvgIpc) is 3.82. The van der Waals surface area contributed by atoms with E-state index in [9.17, 15) is 14.4 Å². The minimum Gasteiger partial charge on any atom is -0.458 e. The van der Waals surface area contributed by atoms with Crippen molar-refractivity contribution >= 4 is 29.2 Å². The maximum atomic E-state index is 13.6. The van der Waals surface area contributed by atoms with E-state index in [1.807, 2.05) is 72.9 Å². The van der Waals surface area contributed by atoms with Crippen LogP contribution in [0.3, 0.4) is 0 Å². The summed E-state index contributed by atoms with van der Waals surface area (Å²) in [5.41, 5.74) is 4.46. The highest BCUT2D eigenvalue weighted by atomic mass is 32.1. The van der Waals surface area contributed by atoms with Crippen LogP contribution in [0.5, 0.6) is 0 Å². The Morgan fingerprint density at radius 3 is 2.11 bits per heavy atom. The van der Waals surface area contributed by atoms with Crippen LogP contribution in [0.4, 0.5) is 0 Å². The molecule has 8 rings (SSSR count). The summed E-state index contributed by atoms with van der Waals surface area (Å²) in [6, 6.07) is 27.3. The molecule has 0 amide bonds. The molecule has 0 radical (unpaired) electrons. The maximum Gasteiger partial charge on any atom is 0.338 e. The molecule has 0 N–H and O–H groups in total. The number of esters is 3. The Bertz CT molecular complexity index is 2340. The van der Waals surface area contributed by atoms with Crippen molar-refractivity contribution in [3.05, 3.63) is 171 Å². The highest BCUT2D eigenvalue weighted by Crippen LogP contribution is 2.60. The van der Waals surface area contributed by atoms with Crippen molar-refractivity contribution in [2.24, 2.45) is 23.2 Å². The quantitative estimate of drug-likeness (QED) is 0.0667. The molecule has 1 aromatic heterocycles. The van der Waals surface area contributed by atoms with E-state index >= 15 is 0 Å². The van der Waals surface area contributed by atoms with Crippen molar-refractivity contribution in [1.82, 2.24) is 4.98 Å². The van der Waals surface area contributed by atoms with Crippen molar-refractivity contribution in [1.29, 1.82) is 0 Å². The highest BCUT2D eigenvalue weighted by molar-refractivity contribution is 7.11. The number of fused-ring (bicyclic) bond motifs is 1. The predicted octanol–water partition coefficient (Wildman–Crippen LogP) is 12.8. The summed E-state index contributed by atoms with van der Waals surface area (Å²) in [5, 5.41) is 1.09. The van der Waals surface area contributed by atoms with E-state index in [2.05, 4.69) is 51.7 Å².